The third kappa shape index (κ3) is 3.68. The first-order chi connectivity index (χ1) is 9.06. The summed E-state index contributed by atoms with van der Waals surface area (Å²) in [4.78, 5) is 11.8. The van der Waals surface area contributed by atoms with Gasteiger partial charge in [-0.2, -0.15) is 0 Å². The Bertz CT molecular complexity index is 562. The number of benzene rings is 1. The Morgan fingerprint density at radius 1 is 1.32 bits per heavy atom. The molecule has 0 aliphatic rings. The van der Waals surface area contributed by atoms with Crippen LogP contribution in [0.5, 0.6) is 0 Å². The van der Waals surface area contributed by atoms with Crippen LogP contribution in [0.4, 0.5) is 0 Å². The summed E-state index contributed by atoms with van der Waals surface area (Å²) in [5.41, 5.74) is 0.547. The van der Waals surface area contributed by atoms with Crippen molar-refractivity contribution in [3.8, 4) is 0 Å². The van der Waals surface area contributed by atoms with E-state index in [4.69, 9.17) is 4.42 Å². The smallest absolute Gasteiger partial charge is 0.251 e. The zero-order chi connectivity index (χ0) is 13.8. The number of aliphatic hydroxyl groups is 1. The second-order valence-electron chi connectivity index (χ2n) is 4.18. The van der Waals surface area contributed by atoms with Gasteiger partial charge in [0.15, 0.2) is 0 Å². The number of amides is 1. The molecule has 2 aromatic rings. The van der Waals surface area contributed by atoms with Gasteiger partial charge in [0.05, 0.1) is 6.54 Å². The van der Waals surface area contributed by atoms with Crippen LogP contribution in [0.1, 0.15) is 28.0 Å². The number of carbonyl (C=O) groups is 1. The zero-order valence-corrected chi connectivity index (χ0v) is 12.0. The van der Waals surface area contributed by atoms with E-state index < -0.39 is 6.10 Å². The molecule has 19 heavy (non-hydrogen) atoms. The summed E-state index contributed by atoms with van der Waals surface area (Å²) in [6.07, 6.45) is -0.840. The van der Waals surface area contributed by atoms with Crippen LogP contribution in [0.15, 0.2) is 45.3 Å². The molecule has 1 aromatic carbocycles. The highest BCUT2D eigenvalue weighted by atomic mass is 79.9. The fourth-order valence-electron chi connectivity index (χ4n) is 1.63. The highest BCUT2D eigenvalue weighted by molar-refractivity contribution is 9.10. The highest BCUT2D eigenvalue weighted by Crippen LogP contribution is 2.15. The van der Waals surface area contributed by atoms with Crippen LogP contribution in [-0.2, 0) is 0 Å². The molecule has 0 radical (unpaired) electrons. The summed E-state index contributed by atoms with van der Waals surface area (Å²) in [5, 5.41) is 12.5. The molecule has 0 saturated heterocycles. The Morgan fingerprint density at radius 2 is 2.00 bits per heavy atom. The molecule has 1 atom stereocenters. The molecule has 1 amide bonds. The number of hydrogen-bond acceptors (Lipinski definition) is 3. The van der Waals surface area contributed by atoms with Crippen molar-refractivity contribution in [3.05, 3.63) is 58.0 Å². The maximum absolute atomic E-state index is 11.8. The largest absolute Gasteiger partial charge is 0.464 e. The molecule has 0 spiro atoms. The number of aryl methyl sites for hydroxylation is 1. The van der Waals surface area contributed by atoms with Gasteiger partial charge in [-0.15, -0.1) is 0 Å². The van der Waals surface area contributed by atoms with Crippen molar-refractivity contribution < 1.29 is 14.3 Å². The quantitative estimate of drug-likeness (QED) is 0.909. The number of aliphatic hydroxyl groups excluding tert-OH is 1. The molecule has 100 valence electrons. The first kappa shape index (κ1) is 13.8. The van der Waals surface area contributed by atoms with Gasteiger partial charge in [0, 0.05) is 10.0 Å². The monoisotopic (exact) mass is 323 g/mol. The predicted octanol–water partition coefficient (Wildman–Crippen LogP) is 2.81. The maximum atomic E-state index is 11.8. The number of nitrogens with one attached hydrogen (secondary N) is 1. The topological polar surface area (TPSA) is 62.5 Å². The summed E-state index contributed by atoms with van der Waals surface area (Å²) in [7, 11) is 0. The van der Waals surface area contributed by atoms with Crippen LogP contribution in [-0.4, -0.2) is 17.6 Å². The third-order valence-electron chi connectivity index (χ3n) is 2.65. The Kier molecular flexibility index (Phi) is 4.39. The number of halogens is 1. The number of hydrogen-bond donors (Lipinski definition) is 2. The Hall–Kier alpha value is -1.59. The van der Waals surface area contributed by atoms with Crippen LogP contribution in [0.25, 0.3) is 0 Å². The van der Waals surface area contributed by atoms with E-state index in [1.807, 2.05) is 0 Å². The minimum atomic E-state index is -0.840. The van der Waals surface area contributed by atoms with Crippen LogP contribution in [0.2, 0.25) is 0 Å². The SMILES string of the molecule is Cc1ccc(C(O)CNC(=O)c2ccc(Br)cc2)o1. The fourth-order valence-corrected chi connectivity index (χ4v) is 1.89. The van der Waals surface area contributed by atoms with Gasteiger partial charge in [-0.3, -0.25) is 4.79 Å². The van der Waals surface area contributed by atoms with Crippen molar-refractivity contribution in [2.45, 2.75) is 13.0 Å². The number of rotatable bonds is 4. The van der Waals surface area contributed by atoms with Gasteiger partial charge in [-0.1, -0.05) is 15.9 Å². The third-order valence-corrected chi connectivity index (χ3v) is 3.18. The molecular formula is C14H14BrNO3. The van der Waals surface area contributed by atoms with Gasteiger partial charge < -0.3 is 14.8 Å². The van der Waals surface area contributed by atoms with E-state index in [1.165, 1.54) is 0 Å². The number of furan rings is 1. The predicted molar refractivity (Wildman–Crippen MR) is 74.9 cm³/mol. The molecule has 1 heterocycles. The van der Waals surface area contributed by atoms with Crippen molar-refractivity contribution in [2.24, 2.45) is 0 Å². The van der Waals surface area contributed by atoms with Crippen LogP contribution in [0.3, 0.4) is 0 Å². The van der Waals surface area contributed by atoms with Gasteiger partial charge in [0.2, 0.25) is 0 Å². The molecule has 5 heteroatoms. The van der Waals surface area contributed by atoms with Gasteiger partial charge >= 0.3 is 0 Å². The molecule has 2 N–H and O–H groups in total. The van der Waals surface area contributed by atoms with E-state index in [0.717, 1.165) is 10.2 Å². The molecule has 0 bridgehead atoms. The summed E-state index contributed by atoms with van der Waals surface area (Å²) >= 11 is 3.31. The lowest BCUT2D eigenvalue weighted by atomic mass is 10.2. The van der Waals surface area contributed by atoms with Gasteiger partial charge in [0.25, 0.3) is 5.91 Å². The molecular weight excluding hydrogens is 310 g/mol. The van der Waals surface area contributed by atoms with E-state index in [1.54, 1.807) is 43.3 Å². The summed E-state index contributed by atoms with van der Waals surface area (Å²) < 4.78 is 6.20. The van der Waals surface area contributed by atoms with Crippen molar-refractivity contribution in [2.75, 3.05) is 6.54 Å². The lowest BCUT2D eigenvalue weighted by Gasteiger charge is -2.09. The second-order valence-corrected chi connectivity index (χ2v) is 5.10. The molecule has 2 rings (SSSR count). The van der Waals surface area contributed by atoms with E-state index >= 15 is 0 Å². The van der Waals surface area contributed by atoms with Crippen molar-refractivity contribution in [3.63, 3.8) is 0 Å². The lowest BCUT2D eigenvalue weighted by Crippen LogP contribution is -2.28. The normalized spacial score (nSPS) is 12.2. The Labute approximate surface area is 119 Å². The van der Waals surface area contributed by atoms with Crippen LogP contribution < -0.4 is 5.32 Å². The van der Waals surface area contributed by atoms with Crippen LogP contribution in [0, 0.1) is 6.92 Å². The average Bonchev–Trinajstić information content (AvgIpc) is 2.83. The molecule has 0 aliphatic heterocycles. The fraction of sp³-hybridized carbons (Fsp3) is 0.214. The van der Waals surface area contributed by atoms with E-state index in [2.05, 4.69) is 21.2 Å². The Balaban J connectivity index is 1.91. The molecule has 4 nitrogen and oxygen atoms in total. The average molecular weight is 324 g/mol. The summed E-state index contributed by atoms with van der Waals surface area (Å²) in [5.74, 6) is 0.955. The molecule has 1 aromatic heterocycles. The first-order valence-electron chi connectivity index (χ1n) is 5.84. The number of carbonyl (C=O) groups excluding carboxylic acids is 1. The van der Waals surface area contributed by atoms with Gasteiger partial charge in [0.1, 0.15) is 17.6 Å². The van der Waals surface area contributed by atoms with Crippen molar-refractivity contribution in [1.29, 1.82) is 0 Å². The van der Waals surface area contributed by atoms with E-state index in [0.29, 0.717) is 11.3 Å². The van der Waals surface area contributed by atoms with Gasteiger partial charge in [-0.25, -0.2) is 0 Å². The minimum absolute atomic E-state index is 0.113. The molecule has 0 saturated carbocycles. The van der Waals surface area contributed by atoms with Crippen molar-refractivity contribution >= 4 is 21.8 Å². The zero-order valence-electron chi connectivity index (χ0n) is 10.4. The highest BCUT2D eigenvalue weighted by Gasteiger charge is 2.13. The van der Waals surface area contributed by atoms with E-state index in [9.17, 15) is 9.90 Å². The maximum Gasteiger partial charge on any atom is 0.251 e. The van der Waals surface area contributed by atoms with E-state index in [-0.39, 0.29) is 12.5 Å². The summed E-state index contributed by atoms with van der Waals surface area (Å²) in [6.45, 7) is 1.92. The standard InChI is InChI=1S/C14H14BrNO3/c1-9-2-7-13(19-9)12(17)8-16-14(18)10-3-5-11(15)6-4-10/h2-7,12,17H,8H2,1H3,(H,16,18). The van der Waals surface area contributed by atoms with Crippen LogP contribution >= 0.6 is 15.9 Å². The lowest BCUT2D eigenvalue weighted by molar-refractivity contribution is 0.0900. The molecule has 1 unspecified atom stereocenters. The summed E-state index contributed by atoms with van der Waals surface area (Å²) in [6, 6.07) is 10.5. The van der Waals surface area contributed by atoms with Gasteiger partial charge in [-0.05, 0) is 43.3 Å². The Morgan fingerprint density at radius 3 is 2.58 bits per heavy atom. The second kappa shape index (κ2) is 6.04. The first-order valence-corrected chi connectivity index (χ1v) is 6.64. The molecule has 0 aliphatic carbocycles. The molecule has 0 fully saturated rings. The minimum Gasteiger partial charge on any atom is -0.464 e. The van der Waals surface area contributed by atoms with Crippen molar-refractivity contribution in [1.82, 2.24) is 5.32 Å².